The minimum atomic E-state index is -1.00. The molecule has 0 atom stereocenters. The number of alkyl halides is 1. The molecular weight excluding hydrogens is 902 g/mol. The van der Waals surface area contributed by atoms with Crippen molar-refractivity contribution in [1.29, 1.82) is 0 Å². The summed E-state index contributed by atoms with van der Waals surface area (Å²) >= 11 is 17.0. The maximum absolute atomic E-state index is 11.7. The number of hydrogen-bond donors (Lipinski definition) is 2. The van der Waals surface area contributed by atoms with Gasteiger partial charge in [-0.3, -0.25) is 14.0 Å². The molecule has 0 aliphatic carbocycles. The van der Waals surface area contributed by atoms with E-state index in [2.05, 4.69) is 57.4 Å². The van der Waals surface area contributed by atoms with Crippen LogP contribution in [0.5, 0.6) is 0 Å². The number of H-pyrrole nitrogens is 2. The van der Waals surface area contributed by atoms with Crippen molar-refractivity contribution in [2.75, 3.05) is 25.1 Å². The Kier molecular flexibility index (Phi) is 19.3. The second-order valence-corrected chi connectivity index (χ2v) is 16.9. The van der Waals surface area contributed by atoms with Crippen LogP contribution in [0.2, 0.25) is 10.0 Å². The number of aromatic amines is 2. The molecule has 1 aliphatic rings. The molecule has 0 saturated carbocycles. The third-order valence-electron chi connectivity index (χ3n) is 9.92. The molecule has 0 unspecified atom stereocenters. The van der Waals surface area contributed by atoms with Crippen molar-refractivity contribution in [2.45, 2.75) is 84.1 Å². The van der Waals surface area contributed by atoms with E-state index in [4.69, 9.17) is 24.6 Å². The summed E-state index contributed by atoms with van der Waals surface area (Å²) in [5.41, 5.74) is 5.81. The van der Waals surface area contributed by atoms with Crippen molar-refractivity contribution < 1.29 is 58.6 Å². The molecule has 1 aliphatic heterocycles. The Morgan fingerprint density at radius 1 is 0.672 bits per heavy atom. The predicted octanol–water partition coefficient (Wildman–Crippen LogP) is 9.31. The first kappa shape index (κ1) is 52.2. The summed E-state index contributed by atoms with van der Waals surface area (Å²) in [5, 5.41) is 32.2. The third-order valence-corrected chi connectivity index (χ3v) is 13.7. The zero-order valence-electron chi connectivity index (χ0n) is 34.1. The van der Waals surface area contributed by atoms with Crippen LogP contribution in [0.3, 0.4) is 0 Å². The van der Waals surface area contributed by atoms with Crippen molar-refractivity contribution in [3.63, 3.8) is 0 Å². The number of aryl methyl sites for hydroxylation is 6. The third kappa shape index (κ3) is 10.0. The summed E-state index contributed by atoms with van der Waals surface area (Å²) < 4.78 is 18.0. The molecule has 9 aromatic rings. The molecule has 10 heterocycles. The summed E-state index contributed by atoms with van der Waals surface area (Å²) in [5.74, 6) is 1.05. The molecule has 12 nitrogen and oxygen atoms in total. The molecule has 19 heteroatoms. The summed E-state index contributed by atoms with van der Waals surface area (Å²) in [4.78, 5) is 38.2. The number of nitrogens with zero attached hydrogens (tertiary/aromatic N) is 8. The SMILES string of the molecule is C.C.C.C.Cc1nnc2sc3c(=O)[nH]cc(Cl)c3c2c1C.Cc1nnc2sc3c(=O)[nH]ccc3c2c1C.Cc1nnc2sc3c(N4CCCC4)ncc(Cl)c3c2c1C.[2H]CF.[H-].[K+]. The van der Waals surface area contributed by atoms with Crippen LogP contribution in [-0.4, -0.2) is 65.8 Å². The van der Waals surface area contributed by atoms with Gasteiger partial charge < -0.3 is 16.3 Å². The van der Waals surface area contributed by atoms with Gasteiger partial charge in [-0.25, -0.2) is 4.98 Å². The van der Waals surface area contributed by atoms with Gasteiger partial charge in [-0.05, 0) is 77.1 Å². The Bertz CT molecular complexity index is 3120. The van der Waals surface area contributed by atoms with E-state index in [9.17, 15) is 14.0 Å². The summed E-state index contributed by atoms with van der Waals surface area (Å²) in [6, 6.07) is 1.92. The van der Waals surface area contributed by atoms with Crippen molar-refractivity contribution >= 4 is 124 Å². The standard InChI is InChI=1S/C15H15ClN4S.C11H8ClN3OS.C11H9N3OS.CH3F.4CH4.K.H/c1-8-9(2)18-19-15-11(8)12-10(16)7-17-14(13(12)21-15)20-5-3-4-6-20;1-4-5(2)14-15-11-7(4)8-6(12)3-13-10(16)9(8)17-11;1-5-6(2)13-14-11-8(5)7-3-4-12-10(15)9(7)16-11;1-2;;;;;;/h7H,3-6H2,1-2H3;3H,1-2H3,(H,13,16);3-4H,1-2H3,(H,12,15);1H3;4*1H4;;/q;;;;;;;;+1;-1/i;;;1D;;;;;;. The van der Waals surface area contributed by atoms with Gasteiger partial charge in [0.05, 0.1) is 40.4 Å². The van der Waals surface area contributed by atoms with Crippen LogP contribution in [0.15, 0.2) is 34.2 Å². The maximum Gasteiger partial charge on any atom is 1.00 e. The zero-order chi connectivity index (χ0) is 40.7. The number of nitrogens with one attached hydrogen (secondary N) is 2. The molecule has 0 amide bonds. The van der Waals surface area contributed by atoms with Crippen LogP contribution >= 0.6 is 57.2 Å². The molecule has 1 saturated heterocycles. The Balaban J connectivity index is 0.000000441. The Hall–Kier alpha value is -3.10. The van der Waals surface area contributed by atoms with Crippen LogP contribution < -0.4 is 67.4 Å². The number of thiophene rings is 3. The Labute approximate surface area is 422 Å². The van der Waals surface area contributed by atoms with Crippen LogP contribution in [0, 0.1) is 41.5 Å². The normalized spacial score (nSPS) is 11.8. The van der Waals surface area contributed by atoms with Gasteiger partial charge in [0, 0.05) is 64.0 Å². The molecule has 10 rings (SSSR count). The second kappa shape index (κ2) is 22.5. The fourth-order valence-electron chi connectivity index (χ4n) is 6.70. The fourth-order valence-corrected chi connectivity index (χ4v) is 10.7. The van der Waals surface area contributed by atoms with Crippen molar-refractivity contribution in [1.82, 2.24) is 45.5 Å². The first-order chi connectivity index (χ1) is 27.4. The van der Waals surface area contributed by atoms with Crippen LogP contribution in [0.25, 0.3) is 60.9 Å². The molecule has 322 valence electrons. The van der Waals surface area contributed by atoms with Crippen LogP contribution in [0.1, 0.15) is 79.1 Å². The number of rotatable bonds is 1. The number of fused-ring (bicyclic) bond motifs is 9. The van der Waals surface area contributed by atoms with Gasteiger partial charge >= 0.3 is 51.4 Å². The van der Waals surface area contributed by atoms with Crippen LogP contribution in [0.4, 0.5) is 10.2 Å². The maximum atomic E-state index is 11.7. The molecule has 2 N–H and O–H groups in total. The van der Waals surface area contributed by atoms with Gasteiger partial charge in [-0.15, -0.1) is 49.3 Å². The molecule has 0 radical (unpaired) electrons. The summed E-state index contributed by atoms with van der Waals surface area (Å²) in [6.07, 6.45) is 7.43. The molecule has 9 aromatic heterocycles. The largest absolute Gasteiger partial charge is 1.00 e. The van der Waals surface area contributed by atoms with Gasteiger partial charge in [0.25, 0.3) is 11.1 Å². The van der Waals surface area contributed by atoms with Gasteiger partial charge in [0.15, 0.2) is 0 Å². The minimum Gasteiger partial charge on any atom is -1.00 e. The minimum absolute atomic E-state index is 0. The van der Waals surface area contributed by atoms with E-state index in [-0.39, 0.29) is 93.6 Å². The number of aromatic nitrogens is 9. The van der Waals surface area contributed by atoms with Gasteiger partial charge in [-0.2, -0.15) is 15.3 Å². The zero-order valence-corrected chi connectivity index (χ0v) is 39.2. The van der Waals surface area contributed by atoms with E-state index >= 15 is 0 Å². The number of pyridine rings is 3. The fraction of sp³-hybridized carbons (Fsp3) is 0.357. The summed E-state index contributed by atoms with van der Waals surface area (Å²) in [7, 11) is -1.00. The van der Waals surface area contributed by atoms with E-state index in [1.165, 1.54) is 41.7 Å². The molecular formula is C42H52Cl2FKN10O2S3. The first-order valence-corrected chi connectivity index (χ1v) is 20.5. The predicted molar refractivity (Wildman–Crippen MR) is 259 cm³/mol. The van der Waals surface area contributed by atoms with Gasteiger partial charge in [-0.1, -0.05) is 52.9 Å². The van der Waals surface area contributed by atoms with Crippen molar-refractivity contribution in [2.24, 2.45) is 0 Å². The number of hydrogen-bond acceptors (Lipinski definition) is 13. The van der Waals surface area contributed by atoms with E-state index in [1.807, 2.05) is 40.7 Å². The molecule has 61 heavy (non-hydrogen) atoms. The molecule has 0 bridgehead atoms. The van der Waals surface area contributed by atoms with E-state index in [0.29, 0.717) is 14.7 Å². The smallest absolute Gasteiger partial charge is 1.00 e. The summed E-state index contributed by atoms with van der Waals surface area (Å²) in [6.45, 7) is 14.0. The average Bonchev–Trinajstić information content (AvgIpc) is 4.01. The quantitative estimate of drug-likeness (QED) is 0.152. The monoisotopic (exact) mass is 953 g/mol. The van der Waals surface area contributed by atoms with Crippen LogP contribution in [-0.2, 0) is 0 Å². The topological polar surface area (TPSA) is 159 Å². The Morgan fingerprint density at radius 3 is 1.66 bits per heavy atom. The van der Waals surface area contributed by atoms with E-state index in [0.717, 1.165) is 109 Å². The average molecular weight is 955 g/mol. The van der Waals surface area contributed by atoms with E-state index in [1.54, 1.807) is 23.7 Å². The molecule has 0 spiro atoms. The molecule has 1 fully saturated rings. The van der Waals surface area contributed by atoms with E-state index < -0.39 is 7.15 Å². The first-order valence-electron chi connectivity index (χ1n) is 18.0. The van der Waals surface area contributed by atoms with Gasteiger partial charge in [0.1, 0.15) is 29.7 Å². The number of halogens is 3. The van der Waals surface area contributed by atoms with Gasteiger partial charge in [0.2, 0.25) is 0 Å². The Morgan fingerprint density at radius 2 is 1.11 bits per heavy atom. The second-order valence-electron chi connectivity index (χ2n) is 13.1. The molecule has 0 aromatic carbocycles. The van der Waals surface area contributed by atoms with Crippen molar-refractivity contribution in [3.05, 3.63) is 89.2 Å². The number of anilines is 1. The van der Waals surface area contributed by atoms with Crippen molar-refractivity contribution in [3.8, 4) is 0 Å².